The minimum Gasteiger partial charge on any atom is -0.458 e. The Hall–Kier alpha value is -1.66. The van der Waals surface area contributed by atoms with Gasteiger partial charge in [-0.15, -0.1) is 0 Å². The van der Waals surface area contributed by atoms with Gasteiger partial charge in [0, 0.05) is 12.1 Å². The molecule has 3 rings (SSSR count). The van der Waals surface area contributed by atoms with Crippen LogP contribution in [0.25, 0.3) is 11.3 Å². The van der Waals surface area contributed by atoms with E-state index >= 15 is 0 Å². The molecule has 0 saturated heterocycles. The first-order chi connectivity index (χ1) is 14.8. The molecule has 1 saturated carbocycles. The quantitative estimate of drug-likeness (QED) is 0.423. The number of rotatable bonds is 8. The lowest BCUT2D eigenvalue weighted by Gasteiger charge is -2.28. The molecule has 0 radical (unpaired) electrons. The van der Waals surface area contributed by atoms with Crippen molar-refractivity contribution in [3.63, 3.8) is 0 Å². The number of hydrogen-bond acceptors (Lipinski definition) is 4. The van der Waals surface area contributed by atoms with E-state index in [2.05, 4.69) is 51.8 Å². The molecular weight excluding hydrogens is 456 g/mol. The summed E-state index contributed by atoms with van der Waals surface area (Å²) in [6.07, 6.45) is 5.49. The summed E-state index contributed by atoms with van der Waals surface area (Å²) in [6, 6.07) is 10.5. The van der Waals surface area contributed by atoms with Gasteiger partial charge in [-0.25, -0.2) is 4.79 Å². The number of carbonyl (C=O) groups is 1. The van der Waals surface area contributed by atoms with Gasteiger partial charge in [-0.05, 0) is 80.6 Å². The molecule has 1 aliphatic carbocycles. The molecule has 0 atom stereocenters. The van der Waals surface area contributed by atoms with E-state index in [9.17, 15) is 4.79 Å². The maximum atomic E-state index is 11.8. The highest BCUT2D eigenvalue weighted by molar-refractivity contribution is 9.10. The van der Waals surface area contributed by atoms with Crippen LogP contribution < -0.4 is 0 Å². The van der Waals surface area contributed by atoms with Crippen LogP contribution in [0.1, 0.15) is 59.1 Å². The van der Waals surface area contributed by atoms with Gasteiger partial charge in [0.15, 0.2) is 0 Å². The number of halogens is 1. The van der Waals surface area contributed by atoms with Crippen molar-refractivity contribution in [2.45, 2.75) is 71.9 Å². The van der Waals surface area contributed by atoms with Crippen molar-refractivity contribution in [3.05, 3.63) is 40.5 Å². The van der Waals surface area contributed by atoms with Crippen molar-refractivity contribution in [1.29, 1.82) is 0 Å². The number of aromatic nitrogens is 2. The summed E-state index contributed by atoms with van der Waals surface area (Å²) in [5.41, 5.74) is 3.03. The Balaban J connectivity index is 1.52. The standard InChI is InChI=1S/C25H35BrN2O3/c1-5-21-23(26)24(20-9-7-6-8-10-20)28(27-21)15-18-11-13-19(14-12-18)16-30-17-22(29)31-25(2,3)4/h6-10,18-19H,5,11-17H2,1-4H3. The number of carbonyl (C=O) groups excluding carboxylic acids is 1. The molecule has 0 amide bonds. The van der Waals surface area contributed by atoms with Crippen LogP contribution in [-0.4, -0.2) is 34.6 Å². The Morgan fingerprint density at radius 1 is 1.13 bits per heavy atom. The molecule has 2 aromatic rings. The SMILES string of the molecule is CCc1nn(CC2CCC(COCC(=O)OC(C)(C)C)CC2)c(-c2ccccc2)c1Br. The molecule has 6 heteroatoms. The van der Waals surface area contributed by atoms with E-state index in [1.54, 1.807) is 0 Å². The van der Waals surface area contributed by atoms with E-state index in [0.29, 0.717) is 18.4 Å². The van der Waals surface area contributed by atoms with Crippen LogP contribution in [0.3, 0.4) is 0 Å². The van der Waals surface area contributed by atoms with Crippen LogP contribution in [0.2, 0.25) is 0 Å². The molecule has 0 spiro atoms. The molecule has 31 heavy (non-hydrogen) atoms. The lowest BCUT2D eigenvalue weighted by Crippen LogP contribution is -2.28. The van der Waals surface area contributed by atoms with Crippen molar-refractivity contribution in [3.8, 4) is 11.3 Å². The van der Waals surface area contributed by atoms with E-state index in [1.165, 1.54) is 11.3 Å². The van der Waals surface area contributed by atoms with Gasteiger partial charge in [0.2, 0.25) is 0 Å². The maximum absolute atomic E-state index is 11.8. The normalized spacial score (nSPS) is 19.4. The summed E-state index contributed by atoms with van der Waals surface area (Å²) >= 11 is 3.79. The Morgan fingerprint density at radius 3 is 2.39 bits per heavy atom. The molecule has 1 fully saturated rings. The van der Waals surface area contributed by atoms with Crippen LogP contribution in [-0.2, 0) is 27.2 Å². The third kappa shape index (κ3) is 6.91. The minimum absolute atomic E-state index is 0.0404. The molecule has 1 heterocycles. The monoisotopic (exact) mass is 490 g/mol. The minimum atomic E-state index is -0.462. The molecule has 0 aliphatic heterocycles. The second kappa shape index (κ2) is 10.8. The van der Waals surface area contributed by atoms with Crippen LogP contribution in [0, 0.1) is 11.8 Å². The van der Waals surface area contributed by atoms with E-state index in [-0.39, 0.29) is 12.6 Å². The Morgan fingerprint density at radius 2 is 1.77 bits per heavy atom. The fraction of sp³-hybridized carbons (Fsp3) is 0.600. The first-order valence-electron chi connectivity index (χ1n) is 11.4. The highest BCUT2D eigenvalue weighted by Crippen LogP contribution is 2.35. The predicted octanol–water partition coefficient (Wildman–Crippen LogP) is 6.04. The fourth-order valence-electron chi connectivity index (χ4n) is 4.22. The maximum Gasteiger partial charge on any atom is 0.332 e. The number of ether oxygens (including phenoxy) is 2. The predicted molar refractivity (Wildman–Crippen MR) is 127 cm³/mol. The van der Waals surface area contributed by atoms with Gasteiger partial charge in [-0.1, -0.05) is 37.3 Å². The number of nitrogens with zero attached hydrogens (tertiary/aromatic N) is 2. The Labute approximate surface area is 194 Å². The first-order valence-corrected chi connectivity index (χ1v) is 12.2. The highest BCUT2D eigenvalue weighted by atomic mass is 79.9. The van der Waals surface area contributed by atoms with Gasteiger partial charge in [-0.3, -0.25) is 4.68 Å². The average Bonchev–Trinajstić information content (AvgIpc) is 3.03. The first kappa shape index (κ1) is 24.0. The molecule has 5 nitrogen and oxygen atoms in total. The largest absolute Gasteiger partial charge is 0.458 e. The van der Waals surface area contributed by atoms with Crippen molar-refractivity contribution >= 4 is 21.9 Å². The lowest BCUT2D eigenvalue weighted by atomic mass is 9.82. The summed E-state index contributed by atoms with van der Waals surface area (Å²) in [7, 11) is 0. The van der Waals surface area contributed by atoms with Gasteiger partial charge in [0.25, 0.3) is 0 Å². The van der Waals surface area contributed by atoms with Crippen molar-refractivity contribution < 1.29 is 14.3 Å². The third-order valence-electron chi connectivity index (χ3n) is 5.73. The van der Waals surface area contributed by atoms with Crippen molar-refractivity contribution in [1.82, 2.24) is 9.78 Å². The highest BCUT2D eigenvalue weighted by Gasteiger charge is 2.25. The number of aryl methyl sites for hydroxylation is 1. The van der Waals surface area contributed by atoms with Gasteiger partial charge in [0.05, 0.1) is 22.5 Å². The molecule has 1 aromatic carbocycles. The van der Waals surface area contributed by atoms with E-state index in [1.807, 2.05) is 26.8 Å². The Kier molecular flexibility index (Phi) is 8.34. The third-order valence-corrected chi connectivity index (χ3v) is 6.57. The zero-order valence-electron chi connectivity index (χ0n) is 19.2. The lowest BCUT2D eigenvalue weighted by molar-refractivity contribution is -0.160. The second-order valence-corrected chi connectivity index (χ2v) is 10.3. The summed E-state index contributed by atoms with van der Waals surface area (Å²) < 4.78 is 14.3. The summed E-state index contributed by atoms with van der Waals surface area (Å²) in [6.45, 7) is 9.38. The Bertz CT molecular complexity index is 850. The zero-order valence-corrected chi connectivity index (χ0v) is 20.8. The van der Waals surface area contributed by atoms with E-state index < -0.39 is 5.60 Å². The van der Waals surface area contributed by atoms with Crippen LogP contribution in [0.4, 0.5) is 0 Å². The summed E-state index contributed by atoms with van der Waals surface area (Å²) in [5, 5.41) is 4.91. The van der Waals surface area contributed by atoms with Gasteiger partial charge >= 0.3 is 5.97 Å². The average molecular weight is 491 g/mol. The molecule has 0 unspecified atom stereocenters. The zero-order chi connectivity index (χ0) is 22.4. The van der Waals surface area contributed by atoms with Crippen molar-refractivity contribution in [2.24, 2.45) is 11.8 Å². The molecule has 1 aliphatic rings. The van der Waals surface area contributed by atoms with Crippen LogP contribution in [0.15, 0.2) is 34.8 Å². The smallest absolute Gasteiger partial charge is 0.332 e. The second-order valence-electron chi connectivity index (χ2n) is 9.50. The fourth-order valence-corrected chi connectivity index (χ4v) is 5.02. The number of esters is 1. The van der Waals surface area contributed by atoms with Gasteiger partial charge in [0.1, 0.15) is 12.2 Å². The van der Waals surface area contributed by atoms with Gasteiger partial charge < -0.3 is 9.47 Å². The van der Waals surface area contributed by atoms with Crippen LogP contribution >= 0.6 is 15.9 Å². The molecule has 170 valence electrons. The summed E-state index contributed by atoms with van der Waals surface area (Å²) in [4.78, 5) is 11.8. The van der Waals surface area contributed by atoms with E-state index in [0.717, 1.165) is 48.8 Å². The summed E-state index contributed by atoms with van der Waals surface area (Å²) in [5.74, 6) is 0.842. The van der Waals surface area contributed by atoms with Crippen LogP contribution in [0.5, 0.6) is 0 Å². The topological polar surface area (TPSA) is 53.4 Å². The molecular formula is C25H35BrN2O3. The molecule has 1 aromatic heterocycles. The molecule has 0 N–H and O–H groups in total. The number of hydrogen-bond donors (Lipinski definition) is 0. The van der Waals surface area contributed by atoms with Gasteiger partial charge in [-0.2, -0.15) is 5.10 Å². The van der Waals surface area contributed by atoms with E-state index in [4.69, 9.17) is 14.6 Å². The molecule has 0 bridgehead atoms. The number of benzene rings is 1. The van der Waals surface area contributed by atoms with Crippen molar-refractivity contribution in [2.75, 3.05) is 13.2 Å².